The van der Waals surface area contributed by atoms with Crippen molar-refractivity contribution in [2.24, 2.45) is 5.92 Å². The van der Waals surface area contributed by atoms with Crippen molar-refractivity contribution >= 4 is 34.7 Å². The highest BCUT2D eigenvalue weighted by atomic mass is 32.2. The second-order valence-electron chi connectivity index (χ2n) is 7.99. The average Bonchev–Trinajstić information content (AvgIpc) is 3.36. The van der Waals surface area contributed by atoms with E-state index in [2.05, 4.69) is 45.9 Å². The van der Waals surface area contributed by atoms with Crippen LogP contribution in [-0.2, 0) is 30.6 Å². The molecule has 1 N–H and O–H groups in total. The number of rotatable bonds is 8. The second-order valence-corrected chi connectivity index (χ2v) is 9.90. The van der Waals surface area contributed by atoms with Gasteiger partial charge in [-0.15, -0.1) is 28.1 Å². The van der Waals surface area contributed by atoms with E-state index in [1.54, 1.807) is 0 Å². The van der Waals surface area contributed by atoms with Gasteiger partial charge >= 0.3 is 0 Å². The molecular formula is C24H28N4OS2. The number of anilines is 1. The number of hydrogen-bond donors (Lipinski definition) is 1. The Morgan fingerprint density at radius 1 is 1.35 bits per heavy atom. The van der Waals surface area contributed by atoms with Gasteiger partial charge in [0.1, 0.15) is 0 Å². The van der Waals surface area contributed by atoms with Gasteiger partial charge in [-0.05, 0) is 54.9 Å². The van der Waals surface area contributed by atoms with E-state index >= 15 is 0 Å². The molecule has 0 saturated carbocycles. The Morgan fingerprint density at radius 3 is 2.90 bits per heavy atom. The zero-order valence-corrected chi connectivity index (χ0v) is 19.7. The Labute approximate surface area is 192 Å². The molecule has 0 bridgehead atoms. The maximum Gasteiger partial charge on any atom is 0.234 e. The summed E-state index contributed by atoms with van der Waals surface area (Å²) in [6.07, 6.45) is 6.30. The van der Waals surface area contributed by atoms with Gasteiger partial charge in [0.05, 0.1) is 5.75 Å². The molecule has 0 spiro atoms. The molecule has 162 valence electrons. The normalized spacial score (nSPS) is 15.5. The molecule has 7 heteroatoms. The number of thioether (sulfide) groups is 1. The van der Waals surface area contributed by atoms with Crippen molar-refractivity contribution in [3.05, 3.63) is 58.3 Å². The second kappa shape index (κ2) is 9.83. The van der Waals surface area contributed by atoms with Crippen LogP contribution in [0.4, 0.5) is 5.69 Å². The highest BCUT2D eigenvalue weighted by Crippen LogP contribution is 2.38. The molecule has 0 fully saturated rings. The predicted molar refractivity (Wildman–Crippen MR) is 130 cm³/mol. The van der Waals surface area contributed by atoms with Crippen molar-refractivity contribution < 1.29 is 4.79 Å². The third kappa shape index (κ3) is 4.93. The molecule has 5 nitrogen and oxygen atoms in total. The molecule has 31 heavy (non-hydrogen) atoms. The van der Waals surface area contributed by atoms with Crippen molar-refractivity contribution in [3.8, 4) is 11.4 Å². The number of nitrogens with one attached hydrogen (secondary N) is 1. The van der Waals surface area contributed by atoms with Crippen molar-refractivity contribution in [1.29, 1.82) is 0 Å². The van der Waals surface area contributed by atoms with Gasteiger partial charge in [0, 0.05) is 28.1 Å². The summed E-state index contributed by atoms with van der Waals surface area (Å²) in [6, 6.07) is 7.97. The minimum atomic E-state index is -0.0501. The molecular weight excluding hydrogens is 424 g/mol. The van der Waals surface area contributed by atoms with Gasteiger partial charge in [0.25, 0.3) is 0 Å². The molecule has 2 aromatic heterocycles. The SMILES string of the molecule is C=CCn1c(SCC(=O)Nc2ccc(CC)cc2)nnc1-c1csc2c1CCC(C)C2. The van der Waals surface area contributed by atoms with Crippen LogP contribution in [0.1, 0.15) is 36.3 Å². The first-order valence-electron chi connectivity index (χ1n) is 10.7. The van der Waals surface area contributed by atoms with Gasteiger partial charge in [0.2, 0.25) is 5.91 Å². The number of hydrogen-bond acceptors (Lipinski definition) is 5. The maximum atomic E-state index is 12.5. The summed E-state index contributed by atoms with van der Waals surface area (Å²) in [4.78, 5) is 13.9. The molecule has 3 aromatic rings. The van der Waals surface area contributed by atoms with E-state index in [4.69, 9.17) is 0 Å². The predicted octanol–water partition coefficient (Wildman–Crippen LogP) is 5.61. The molecule has 1 aliphatic carbocycles. The monoisotopic (exact) mass is 452 g/mol. The zero-order valence-electron chi connectivity index (χ0n) is 18.1. The number of fused-ring (bicyclic) bond motifs is 1. The highest BCUT2D eigenvalue weighted by molar-refractivity contribution is 7.99. The molecule has 0 saturated heterocycles. The maximum absolute atomic E-state index is 12.5. The molecule has 1 amide bonds. The Balaban J connectivity index is 1.47. The summed E-state index contributed by atoms with van der Waals surface area (Å²) in [6.45, 7) is 8.95. The third-order valence-corrected chi connectivity index (χ3v) is 7.67. The van der Waals surface area contributed by atoms with E-state index < -0.39 is 0 Å². The van der Waals surface area contributed by atoms with Crippen molar-refractivity contribution in [3.63, 3.8) is 0 Å². The third-order valence-electron chi connectivity index (χ3n) is 5.65. The topological polar surface area (TPSA) is 59.8 Å². The summed E-state index contributed by atoms with van der Waals surface area (Å²) in [7, 11) is 0. The number of aromatic nitrogens is 3. The van der Waals surface area contributed by atoms with Crippen LogP contribution in [0.15, 0.2) is 47.5 Å². The lowest BCUT2D eigenvalue weighted by Gasteiger charge is -2.19. The lowest BCUT2D eigenvalue weighted by molar-refractivity contribution is -0.113. The smallest absolute Gasteiger partial charge is 0.234 e. The number of carbonyl (C=O) groups excluding carboxylic acids is 1. The van der Waals surface area contributed by atoms with Gasteiger partial charge in [-0.3, -0.25) is 9.36 Å². The molecule has 1 aliphatic rings. The summed E-state index contributed by atoms with van der Waals surface area (Å²) < 4.78 is 2.07. The Morgan fingerprint density at radius 2 is 2.16 bits per heavy atom. The van der Waals surface area contributed by atoms with Crippen LogP contribution in [-0.4, -0.2) is 26.4 Å². The fourth-order valence-corrected chi connectivity index (χ4v) is 5.89. The van der Waals surface area contributed by atoms with Crippen molar-refractivity contribution in [2.45, 2.75) is 51.2 Å². The van der Waals surface area contributed by atoms with Crippen LogP contribution < -0.4 is 5.32 Å². The first kappa shape index (κ1) is 21.8. The van der Waals surface area contributed by atoms with E-state index in [1.807, 2.05) is 41.7 Å². The van der Waals surface area contributed by atoms with E-state index in [1.165, 1.54) is 39.8 Å². The fourth-order valence-electron chi connectivity index (χ4n) is 3.90. The van der Waals surface area contributed by atoms with E-state index in [-0.39, 0.29) is 11.7 Å². The summed E-state index contributed by atoms with van der Waals surface area (Å²) >= 11 is 3.24. The lowest BCUT2D eigenvalue weighted by Crippen LogP contribution is -2.14. The number of nitrogens with zero attached hydrogens (tertiary/aromatic N) is 3. The van der Waals surface area contributed by atoms with Crippen LogP contribution in [0.2, 0.25) is 0 Å². The van der Waals surface area contributed by atoms with Crippen molar-refractivity contribution in [1.82, 2.24) is 14.8 Å². The number of thiophene rings is 1. The molecule has 1 atom stereocenters. The first-order chi connectivity index (χ1) is 15.1. The molecule has 0 radical (unpaired) electrons. The van der Waals surface area contributed by atoms with Gasteiger partial charge in [-0.2, -0.15) is 0 Å². The first-order valence-corrected chi connectivity index (χ1v) is 12.6. The number of aryl methyl sites for hydroxylation is 1. The van der Waals surface area contributed by atoms with E-state index in [9.17, 15) is 4.79 Å². The number of amides is 1. The van der Waals surface area contributed by atoms with Gasteiger partial charge in [0.15, 0.2) is 11.0 Å². The number of carbonyl (C=O) groups is 1. The number of benzene rings is 1. The minimum Gasteiger partial charge on any atom is -0.325 e. The van der Waals surface area contributed by atoms with Crippen LogP contribution in [0.25, 0.3) is 11.4 Å². The van der Waals surface area contributed by atoms with Gasteiger partial charge < -0.3 is 5.32 Å². The van der Waals surface area contributed by atoms with Gasteiger partial charge in [-0.1, -0.05) is 43.8 Å². The van der Waals surface area contributed by atoms with E-state index in [0.717, 1.165) is 41.8 Å². The fraction of sp³-hybridized carbons (Fsp3) is 0.375. The Kier molecular flexibility index (Phi) is 6.92. The molecule has 1 aromatic carbocycles. The van der Waals surface area contributed by atoms with E-state index in [0.29, 0.717) is 6.54 Å². The summed E-state index contributed by atoms with van der Waals surface area (Å²) in [5, 5.41) is 14.8. The summed E-state index contributed by atoms with van der Waals surface area (Å²) in [5.74, 6) is 1.85. The molecule has 0 aliphatic heterocycles. The molecule has 4 rings (SSSR count). The average molecular weight is 453 g/mol. The quantitative estimate of drug-likeness (QED) is 0.356. The van der Waals surface area contributed by atoms with Gasteiger partial charge in [-0.25, -0.2) is 0 Å². The highest BCUT2D eigenvalue weighted by Gasteiger charge is 2.24. The van der Waals surface area contributed by atoms with Crippen LogP contribution in [0.3, 0.4) is 0 Å². The molecule has 2 heterocycles. The largest absolute Gasteiger partial charge is 0.325 e. The minimum absolute atomic E-state index is 0.0501. The Bertz CT molecular complexity index is 1070. The van der Waals surface area contributed by atoms with Crippen LogP contribution in [0.5, 0.6) is 0 Å². The number of allylic oxidation sites excluding steroid dienone is 1. The zero-order chi connectivity index (χ0) is 21.8. The lowest BCUT2D eigenvalue weighted by atomic mass is 9.88. The standard InChI is InChI=1S/C24H28N4OS2/c1-4-12-28-23(20-14-30-21-13-16(3)6-11-19(20)21)26-27-24(28)31-15-22(29)25-18-9-7-17(5-2)8-10-18/h4,7-10,14,16H,1,5-6,11-13,15H2,2-3H3,(H,25,29). The van der Waals surface area contributed by atoms with Crippen LogP contribution in [0, 0.1) is 5.92 Å². The Hall–Kier alpha value is -2.38. The van der Waals surface area contributed by atoms with Crippen molar-refractivity contribution in [2.75, 3.05) is 11.1 Å². The molecule has 1 unspecified atom stereocenters. The van der Waals surface area contributed by atoms with Crippen LogP contribution >= 0.6 is 23.1 Å². The summed E-state index contributed by atoms with van der Waals surface area (Å²) in [5.41, 5.74) is 4.68.